The molecule has 0 unspecified atom stereocenters. The molecule has 94 valence electrons. The first kappa shape index (κ1) is 14.8. The molecule has 3 nitrogen and oxygen atoms in total. The Morgan fingerprint density at radius 1 is 1.29 bits per heavy atom. The molecular formula is C11H15ClNO2PS. The second-order valence-corrected chi connectivity index (χ2v) is 6.55. The van der Waals surface area contributed by atoms with Gasteiger partial charge in [-0.05, 0) is 31.7 Å². The molecule has 0 saturated carbocycles. The number of nitrogens with zero attached hydrogens (tertiary/aromatic N) is 1. The standard InChI is InChI=1S/C11H15ClNO2PS/c1-3-14-16(17,15-4-2)13-9-10-7-5-6-8-11(10)12/h5-9H,3-4H2,1-2H3/b13-9+. The van der Waals surface area contributed by atoms with Crippen molar-refractivity contribution >= 4 is 36.3 Å². The molecule has 0 aliphatic carbocycles. The van der Waals surface area contributed by atoms with E-state index in [0.29, 0.717) is 18.2 Å². The van der Waals surface area contributed by atoms with Crippen molar-refractivity contribution in [2.45, 2.75) is 13.8 Å². The lowest BCUT2D eigenvalue weighted by molar-refractivity contribution is 0.268. The van der Waals surface area contributed by atoms with Crippen molar-refractivity contribution in [1.29, 1.82) is 0 Å². The highest BCUT2D eigenvalue weighted by atomic mass is 35.5. The molecule has 0 aliphatic heterocycles. The minimum absolute atomic E-state index is 0.483. The van der Waals surface area contributed by atoms with E-state index in [1.807, 2.05) is 32.0 Å². The first-order valence-electron chi connectivity index (χ1n) is 5.30. The van der Waals surface area contributed by atoms with Crippen LogP contribution in [0.15, 0.2) is 29.0 Å². The Balaban J connectivity index is 2.87. The van der Waals surface area contributed by atoms with Crippen LogP contribution in [-0.4, -0.2) is 19.4 Å². The first-order chi connectivity index (χ1) is 8.11. The Hall–Kier alpha value is -0.250. The van der Waals surface area contributed by atoms with Gasteiger partial charge in [-0.15, -0.1) is 0 Å². The van der Waals surface area contributed by atoms with Crippen LogP contribution in [0.25, 0.3) is 0 Å². The predicted octanol–water partition coefficient (Wildman–Crippen LogP) is 4.06. The zero-order valence-electron chi connectivity index (χ0n) is 9.80. The molecule has 6 heteroatoms. The zero-order valence-corrected chi connectivity index (χ0v) is 12.3. The maximum atomic E-state index is 6.01. The lowest BCUT2D eigenvalue weighted by Gasteiger charge is -2.15. The highest BCUT2D eigenvalue weighted by molar-refractivity contribution is 8.09. The number of halogens is 1. The van der Waals surface area contributed by atoms with Crippen molar-refractivity contribution in [1.82, 2.24) is 0 Å². The number of hydrogen-bond donors (Lipinski definition) is 0. The largest absolute Gasteiger partial charge is 0.313 e. The topological polar surface area (TPSA) is 30.8 Å². The normalized spacial score (nSPS) is 12.2. The number of benzene rings is 1. The van der Waals surface area contributed by atoms with Gasteiger partial charge in [-0.25, -0.2) is 4.76 Å². The summed E-state index contributed by atoms with van der Waals surface area (Å²) < 4.78 is 15.0. The third-order valence-corrected chi connectivity index (χ3v) is 4.65. The lowest BCUT2D eigenvalue weighted by Crippen LogP contribution is -1.93. The fourth-order valence-corrected chi connectivity index (χ4v) is 3.23. The van der Waals surface area contributed by atoms with E-state index in [1.165, 1.54) is 0 Å². The molecule has 1 aromatic carbocycles. The van der Waals surface area contributed by atoms with Gasteiger partial charge >= 0.3 is 6.64 Å². The van der Waals surface area contributed by atoms with Crippen LogP contribution in [0.5, 0.6) is 0 Å². The van der Waals surface area contributed by atoms with E-state index < -0.39 is 6.64 Å². The summed E-state index contributed by atoms with van der Waals surface area (Å²) in [6, 6.07) is 7.41. The molecule has 0 fully saturated rings. The van der Waals surface area contributed by atoms with Crippen LogP contribution >= 0.6 is 18.2 Å². The highest BCUT2D eigenvalue weighted by Crippen LogP contribution is 2.49. The van der Waals surface area contributed by atoms with Crippen molar-refractivity contribution < 1.29 is 9.05 Å². The van der Waals surface area contributed by atoms with Crippen LogP contribution < -0.4 is 0 Å². The highest BCUT2D eigenvalue weighted by Gasteiger charge is 2.15. The van der Waals surface area contributed by atoms with Crippen molar-refractivity contribution in [2.24, 2.45) is 4.76 Å². The molecule has 0 N–H and O–H groups in total. The number of hydrogen-bond acceptors (Lipinski definition) is 3. The Kier molecular flexibility index (Phi) is 6.31. The van der Waals surface area contributed by atoms with Gasteiger partial charge in [-0.1, -0.05) is 29.8 Å². The van der Waals surface area contributed by atoms with Crippen LogP contribution in [-0.2, 0) is 20.9 Å². The lowest BCUT2D eigenvalue weighted by atomic mass is 10.2. The Labute approximate surface area is 112 Å². The summed E-state index contributed by atoms with van der Waals surface area (Å²) in [6.45, 7) is 2.14. The molecular weight excluding hydrogens is 277 g/mol. The average molecular weight is 292 g/mol. The predicted molar refractivity (Wildman–Crippen MR) is 76.6 cm³/mol. The Morgan fingerprint density at radius 2 is 1.88 bits per heavy atom. The summed E-state index contributed by atoms with van der Waals surface area (Å²) >= 11 is 11.3. The smallest absolute Gasteiger partial charge is 0.308 e. The molecule has 0 heterocycles. The van der Waals surface area contributed by atoms with Gasteiger partial charge in [-0.2, -0.15) is 0 Å². The second-order valence-electron chi connectivity index (χ2n) is 3.07. The molecule has 0 atom stereocenters. The van der Waals surface area contributed by atoms with E-state index in [-0.39, 0.29) is 0 Å². The zero-order chi connectivity index (χ0) is 12.7. The number of rotatable bonds is 6. The summed E-state index contributed by atoms with van der Waals surface area (Å²) in [6.07, 6.45) is 1.62. The molecule has 1 rings (SSSR count). The third kappa shape index (κ3) is 4.86. The van der Waals surface area contributed by atoms with Gasteiger partial charge in [0.25, 0.3) is 0 Å². The van der Waals surface area contributed by atoms with Crippen molar-refractivity contribution in [3.63, 3.8) is 0 Å². The fraction of sp³-hybridized carbons (Fsp3) is 0.364. The van der Waals surface area contributed by atoms with Gasteiger partial charge in [0.1, 0.15) is 0 Å². The summed E-state index contributed by atoms with van der Waals surface area (Å²) in [7, 11) is 0. The van der Waals surface area contributed by atoms with E-state index in [9.17, 15) is 0 Å². The molecule has 17 heavy (non-hydrogen) atoms. The minimum atomic E-state index is -2.56. The molecule has 0 spiro atoms. The van der Waals surface area contributed by atoms with Crippen LogP contribution in [0.4, 0.5) is 0 Å². The second kappa shape index (κ2) is 7.24. The van der Waals surface area contributed by atoms with E-state index in [0.717, 1.165) is 5.56 Å². The van der Waals surface area contributed by atoms with Crippen LogP contribution in [0.3, 0.4) is 0 Å². The first-order valence-corrected chi connectivity index (χ1v) is 8.27. The molecule has 0 aliphatic rings. The van der Waals surface area contributed by atoms with Crippen LogP contribution in [0.1, 0.15) is 19.4 Å². The summed E-state index contributed by atoms with van der Waals surface area (Å²) in [5, 5.41) is 0.630. The molecule has 1 aromatic rings. The van der Waals surface area contributed by atoms with Crippen LogP contribution in [0, 0.1) is 0 Å². The quantitative estimate of drug-likeness (QED) is 0.585. The Morgan fingerprint density at radius 3 is 2.41 bits per heavy atom. The van der Waals surface area contributed by atoms with E-state index in [2.05, 4.69) is 4.76 Å². The maximum absolute atomic E-state index is 6.01. The van der Waals surface area contributed by atoms with Gasteiger partial charge in [-0.3, -0.25) is 0 Å². The SMILES string of the molecule is CCOP(=S)(/N=C/c1ccccc1Cl)OCC. The summed E-state index contributed by atoms with van der Waals surface area (Å²) in [5.74, 6) is 0. The third-order valence-electron chi connectivity index (χ3n) is 1.83. The molecule has 0 aromatic heterocycles. The molecule has 0 amide bonds. The maximum Gasteiger partial charge on any atom is 0.308 e. The molecule has 0 bridgehead atoms. The summed E-state index contributed by atoms with van der Waals surface area (Å²) in [5.41, 5.74) is 0.808. The van der Waals surface area contributed by atoms with Gasteiger partial charge in [0, 0.05) is 16.8 Å². The monoisotopic (exact) mass is 291 g/mol. The van der Waals surface area contributed by atoms with Crippen LogP contribution in [0.2, 0.25) is 5.02 Å². The van der Waals surface area contributed by atoms with E-state index in [1.54, 1.807) is 12.3 Å². The van der Waals surface area contributed by atoms with E-state index in [4.69, 9.17) is 32.5 Å². The molecule has 0 saturated heterocycles. The van der Waals surface area contributed by atoms with Gasteiger partial charge in [0.2, 0.25) is 0 Å². The molecule has 0 radical (unpaired) electrons. The van der Waals surface area contributed by atoms with Gasteiger partial charge < -0.3 is 9.05 Å². The average Bonchev–Trinajstić information content (AvgIpc) is 2.29. The summed E-state index contributed by atoms with van der Waals surface area (Å²) in [4.78, 5) is 0. The van der Waals surface area contributed by atoms with E-state index >= 15 is 0 Å². The van der Waals surface area contributed by atoms with Crippen molar-refractivity contribution in [2.75, 3.05) is 13.2 Å². The van der Waals surface area contributed by atoms with Gasteiger partial charge in [0.05, 0.1) is 13.2 Å². The van der Waals surface area contributed by atoms with Crippen molar-refractivity contribution in [3.05, 3.63) is 34.9 Å². The van der Waals surface area contributed by atoms with Crippen molar-refractivity contribution in [3.8, 4) is 0 Å². The minimum Gasteiger partial charge on any atom is -0.313 e. The fourth-order valence-electron chi connectivity index (χ4n) is 1.14. The Bertz CT molecular complexity index is 429. The van der Waals surface area contributed by atoms with Gasteiger partial charge in [0.15, 0.2) is 0 Å².